The van der Waals surface area contributed by atoms with Crippen molar-refractivity contribution in [2.75, 3.05) is 26.7 Å². The summed E-state index contributed by atoms with van der Waals surface area (Å²) in [6, 6.07) is 26.5. The number of aliphatic hydroxyl groups is 1. The van der Waals surface area contributed by atoms with Crippen molar-refractivity contribution in [1.82, 2.24) is 4.90 Å². The third-order valence-corrected chi connectivity index (χ3v) is 5.62. The number of aliphatic hydroxyl groups excluding tert-OH is 1. The van der Waals surface area contributed by atoms with Gasteiger partial charge in [0, 0.05) is 18.0 Å². The number of fused-ring (bicyclic) bond motifs is 2. The number of likely N-dealkylation sites (N-methyl/N-ethyl adjacent to an activating group) is 1. The SMILES string of the molecule is CN(CC[C@H]1c2ccccc2COc2ccccc21)C[C@H](O)COc1ccccc1. The number of ether oxygens (including phenoxy) is 2. The van der Waals surface area contributed by atoms with Gasteiger partial charge in [-0.1, -0.05) is 60.7 Å². The minimum Gasteiger partial charge on any atom is -0.491 e. The third kappa shape index (κ3) is 5.02. The summed E-state index contributed by atoms with van der Waals surface area (Å²) in [5.74, 6) is 2.03. The van der Waals surface area contributed by atoms with E-state index in [-0.39, 0.29) is 12.5 Å². The lowest BCUT2D eigenvalue weighted by Gasteiger charge is -2.24. The molecule has 0 bridgehead atoms. The van der Waals surface area contributed by atoms with E-state index in [1.165, 1.54) is 16.7 Å². The van der Waals surface area contributed by atoms with E-state index in [2.05, 4.69) is 54.4 Å². The molecule has 0 amide bonds. The Morgan fingerprint density at radius 3 is 2.50 bits per heavy atom. The van der Waals surface area contributed by atoms with Gasteiger partial charge >= 0.3 is 0 Å². The molecule has 156 valence electrons. The first kappa shape index (κ1) is 20.5. The van der Waals surface area contributed by atoms with Gasteiger partial charge < -0.3 is 19.5 Å². The van der Waals surface area contributed by atoms with E-state index < -0.39 is 6.10 Å². The average Bonchev–Trinajstić information content (AvgIpc) is 2.94. The number of benzene rings is 3. The molecule has 4 rings (SSSR count). The quantitative estimate of drug-likeness (QED) is 0.602. The van der Waals surface area contributed by atoms with Crippen molar-refractivity contribution in [1.29, 1.82) is 0 Å². The molecule has 30 heavy (non-hydrogen) atoms. The summed E-state index contributed by atoms with van der Waals surface area (Å²) in [4.78, 5) is 2.18. The summed E-state index contributed by atoms with van der Waals surface area (Å²) in [6.45, 7) is 2.33. The Bertz CT molecular complexity index is 896. The van der Waals surface area contributed by atoms with Crippen LogP contribution in [0.25, 0.3) is 0 Å². The van der Waals surface area contributed by atoms with Gasteiger partial charge in [-0.15, -0.1) is 0 Å². The van der Waals surface area contributed by atoms with Crippen LogP contribution in [0.1, 0.15) is 29.0 Å². The molecular formula is C26H29NO3. The fourth-order valence-corrected chi connectivity index (χ4v) is 4.10. The Balaban J connectivity index is 1.38. The first-order valence-corrected chi connectivity index (χ1v) is 10.5. The van der Waals surface area contributed by atoms with Crippen LogP contribution in [0.15, 0.2) is 78.9 Å². The molecule has 1 aliphatic rings. The van der Waals surface area contributed by atoms with Crippen LogP contribution < -0.4 is 9.47 Å². The van der Waals surface area contributed by atoms with Crippen LogP contribution in [0, 0.1) is 0 Å². The van der Waals surface area contributed by atoms with E-state index in [0.717, 1.165) is 24.5 Å². The van der Waals surface area contributed by atoms with Crippen molar-refractivity contribution < 1.29 is 14.6 Å². The number of nitrogens with zero attached hydrogens (tertiary/aromatic N) is 1. The normalized spacial score (nSPS) is 16.2. The topological polar surface area (TPSA) is 41.9 Å². The third-order valence-electron chi connectivity index (χ3n) is 5.62. The fraction of sp³-hybridized carbons (Fsp3) is 0.308. The van der Waals surface area contributed by atoms with Crippen molar-refractivity contribution in [3.05, 3.63) is 95.6 Å². The number of hydrogen-bond acceptors (Lipinski definition) is 4. The molecule has 0 fully saturated rings. The number of hydrogen-bond donors (Lipinski definition) is 1. The summed E-state index contributed by atoms with van der Waals surface area (Å²) >= 11 is 0. The van der Waals surface area contributed by atoms with Gasteiger partial charge in [0.1, 0.15) is 30.8 Å². The highest BCUT2D eigenvalue weighted by molar-refractivity contribution is 5.46. The van der Waals surface area contributed by atoms with Gasteiger partial charge in [0.25, 0.3) is 0 Å². The maximum atomic E-state index is 10.4. The van der Waals surface area contributed by atoms with Crippen LogP contribution in [0.4, 0.5) is 0 Å². The molecule has 2 atom stereocenters. The molecule has 0 aliphatic carbocycles. The molecule has 4 nitrogen and oxygen atoms in total. The van der Waals surface area contributed by atoms with Crippen LogP contribution >= 0.6 is 0 Å². The van der Waals surface area contributed by atoms with Crippen LogP contribution in [-0.4, -0.2) is 42.9 Å². The zero-order valence-corrected chi connectivity index (χ0v) is 17.4. The lowest BCUT2D eigenvalue weighted by molar-refractivity contribution is 0.0757. The minimum atomic E-state index is -0.535. The maximum Gasteiger partial charge on any atom is 0.123 e. The predicted molar refractivity (Wildman–Crippen MR) is 119 cm³/mol. The summed E-state index contributed by atoms with van der Waals surface area (Å²) in [7, 11) is 2.05. The summed E-state index contributed by atoms with van der Waals surface area (Å²) < 4.78 is 11.8. The molecule has 0 radical (unpaired) electrons. The maximum absolute atomic E-state index is 10.4. The Kier molecular flexibility index (Phi) is 6.67. The van der Waals surface area contributed by atoms with Crippen molar-refractivity contribution in [3.8, 4) is 11.5 Å². The Morgan fingerprint density at radius 2 is 1.67 bits per heavy atom. The Morgan fingerprint density at radius 1 is 0.967 bits per heavy atom. The predicted octanol–water partition coefficient (Wildman–Crippen LogP) is 4.47. The van der Waals surface area contributed by atoms with E-state index in [0.29, 0.717) is 13.2 Å². The van der Waals surface area contributed by atoms with Crippen molar-refractivity contribution in [3.63, 3.8) is 0 Å². The highest BCUT2D eigenvalue weighted by Gasteiger charge is 2.24. The standard InChI is InChI=1S/C26H29NO3/c1-27(17-21(28)19-29-22-10-3-2-4-11-22)16-15-24-23-12-6-5-9-20(23)18-30-26-14-8-7-13-25(24)26/h2-14,21,24,28H,15-19H2,1H3/t21-,24-/m0/s1. The Labute approximate surface area is 178 Å². The molecule has 1 heterocycles. The van der Waals surface area contributed by atoms with Crippen molar-refractivity contribution in [2.45, 2.75) is 25.0 Å². The first-order chi connectivity index (χ1) is 14.7. The Hall–Kier alpha value is -2.82. The molecule has 0 spiro atoms. The molecule has 3 aromatic rings. The molecule has 4 heteroatoms. The smallest absolute Gasteiger partial charge is 0.123 e. The summed E-state index contributed by atoms with van der Waals surface area (Å²) in [5, 5.41) is 10.4. The number of para-hydroxylation sites is 2. The largest absolute Gasteiger partial charge is 0.491 e. The molecule has 3 aromatic carbocycles. The molecule has 0 unspecified atom stereocenters. The fourth-order valence-electron chi connectivity index (χ4n) is 4.10. The molecule has 0 aromatic heterocycles. The summed E-state index contributed by atoms with van der Waals surface area (Å²) in [6.07, 6.45) is 0.424. The molecule has 0 saturated carbocycles. The van der Waals surface area contributed by atoms with Gasteiger partial charge in [-0.2, -0.15) is 0 Å². The van der Waals surface area contributed by atoms with Gasteiger partial charge in [0.05, 0.1) is 0 Å². The van der Waals surface area contributed by atoms with E-state index in [1.807, 2.05) is 36.4 Å². The van der Waals surface area contributed by atoms with E-state index in [1.54, 1.807) is 0 Å². The molecule has 1 aliphatic heterocycles. The second-order valence-corrected chi connectivity index (χ2v) is 7.91. The van der Waals surface area contributed by atoms with Gasteiger partial charge in [-0.25, -0.2) is 0 Å². The molecule has 0 saturated heterocycles. The van der Waals surface area contributed by atoms with Crippen LogP contribution in [-0.2, 0) is 6.61 Å². The van der Waals surface area contributed by atoms with Gasteiger partial charge in [0.15, 0.2) is 0 Å². The zero-order valence-electron chi connectivity index (χ0n) is 17.4. The van der Waals surface area contributed by atoms with E-state index in [9.17, 15) is 5.11 Å². The lowest BCUT2D eigenvalue weighted by Crippen LogP contribution is -2.34. The summed E-state index contributed by atoms with van der Waals surface area (Å²) in [5.41, 5.74) is 3.82. The average molecular weight is 404 g/mol. The number of rotatable bonds is 8. The second-order valence-electron chi connectivity index (χ2n) is 7.91. The van der Waals surface area contributed by atoms with Crippen molar-refractivity contribution >= 4 is 0 Å². The zero-order chi connectivity index (χ0) is 20.8. The van der Waals surface area contributed by atoms with E-state index >= 15 is 0 Å². The van der Waals surface area contributed by atoms with Gasteiger partial charge in [0.2, 0.25) is 0 Å². The van der Waals surface area contributed by atoms with Crippen molar-refractivity contribution in [2.24, 2.45) is 0 Å². The van der Waals surface area contributed by atoms with Gasteiger partial charge in [-0.3, -0.25) is 0 Å². The first-order valence-electron chi connectivity index (χ1n) is 10.5. The van der Waals surface area contributed by atoms with Crippen LogP contribution in [0.5, 0.6) is 11.5 Å². The highest BCUT2D eigenvalue weighted by Crippen LogP contribution is 2.39. The van der Waals surface area contributed by atoms with Crippen LogP contribution in [0.2, 0.25) is 0 Å². The minimum absolute atomic E-state index is 0.278. The second kappa shape index (κ2) is 9.79. The van der Waals surface area contributed by atoms with E-state index in [4.69, 9.17) is 9.47 Å². The molecule has 1 N–H and O–H groups in total. The van der Waals surface area contributed by atoms with Crippen LogP contribution in [0.3, 0.4) is 0 Å². The molecular weight excluding hydrogens is 374 g/mol. The van der Waals surface area contributed by atoms with Gasteiger partial charge in [-0.05, 0) is 49.3 Å². The monoisotopic (exact) mass is 403 g/mol. The highest BCUT2D eigenvalue weighted by atomic mass is 16.5. The lowest BCUT2D eigenvalue weighted by atomic mass is 9.86.